The molecule has 0 fully saturated rings. The van der Waals surface area contributed by atoms with Crippen molar-refractivity contribution in [2.45, 2.75) is 12.8 Å². The molecule has 0 aromatic heterocycles. The van der Waals surface area contributed by atoms with Crippen LogP contribution in [-0.4, -0.2) is 5.33 Å². The lowest BCUT2D eigenvalue weighted by Gasteiger charge is -1.93. The number of halogens is 2. The highest BCUT2D eigenvalue weighted by Crippen LogP contribution is 2.11. The number of unbranched alkanes of at least 4 members (excludes halogenated alkanes) is 1. The van der Waals surface area contributed by atoms with E-state index in [1.54, 1.807) is 0 Å². The molecular weight excluding hydrogens is 247 g/mol. The number of rotatable bonds is 4. The molecule has 0 N–H and O–H groups in total. The molecule has 0 aliphatic rings. The summed E-state index contributed by atoms with van der Waals surface area (Å²) in [6.45, 7) is 0. The van der Waals surface area contributed by atoms with E-state index in [4.69, 9.17) is 11.6 Å². The first-order chi connectivity index (χ1) is 6.33. The Labute approximate surface area is 92.7 Å². The minimum atomic E-state index is 0.789. The quantitative estimate of drug-likeness (QED) is 0.550. The van der Waals surface area contributed by atoms with E-state index in [2.05, 4.69) is 28.1 Å². The van der Waals surface area contributed by atoms with Gasteiger partial charge in [-0.1, -0.05) is 51.8 Å². The lowest BCUT2D eigenvalue weighted by molar-refractivity contribution is 0.983. The van der Waals surface area contributed by atoms with Crippen molar-refractivity contribution in [1.29, 1.82) is 0 Å². The van der Waals surface area contributed by atoms with Crippen LogP contribution in [0.1, 0.15) is 18.4 Å². The van der Waals surface area contributed by atoms with Gasteiger partial charge < -0.3 is 0 Å². The maximum absolute atomic E-state index is 5.77. The minimum Gasteiger partial charge on any atom is -0.0928 e. The van der Waals surface area contributed by atoms with E-state index >= 15 is 0 Å². The van der Waals surface area contributed by atoms with Crippen molar-refractivity contribution in [2.24, 2.45) is 0 Å². The van der Waals surface area contributed by atoms with Gasteiger partial charge in [0.2, 0.25) is 0 Å². The molecule has 13 heavy (non-hydrogen) atoms. The van der Waals surface area contributed by atoms with Crippen molar-refractivity contribution in [3.63, 3.8) is 0 Å². The first-order valence-electron chi connectivity index (χ1n) is 4.31. The average molecular weight is 260 g/mol. The molecule has 70 valence electrons. The van der Waals surface area contributed by atoms with Gasteiger partial charge >= 0.3 is 0 Å². The molecule has 0 atom stereocenters. The molecule has 0 spiro atoms. The Hall–Kier alpha value is -0.270. The monoisotopic (exact) mass is 258 g/mol. The van der Waals surface area contributed by atoms with E-state index in [1.807, 2.05) is 24.3 Å². The summed E-state index contributed by atoms with van der Waals surface area (Å²) in [7, 11) is 0. The van der Waals surface area contributed by atoms with E-state index < -0.39 is 0 Å². The number of allylic oxidation sites excluding steroid dienone is 1. The van der Waals surface area contributed by atoms with Crippen molar-refractivity contribution in [3.8, 4) is 0 Å². The van der Waals surface area contributed by atoms with Crippen LogP contribution < -0.4 is 0 Å². The summed E-state index contributed by atoms with van der Waals surface area (Å²) in [5.74, 6) is 0. The van der Waals surface area contributed by atoms with Crippen LogP contribution in [-0.2, 0) is 0 Å². The Morgan fingerprint density at radius 2 is 1.92 bits per heavy atom. The third kappa shape index (κ3) is 4.49. The normalized spacial score (nSPS) is 10.9. The van der Waals surface area contributed by atoms with Crippen molar-refractivity contribution in [2.75, 3.05) is 5.33 Å². The van der Waals surface area contributed by atoms with Gasteiger partial charge in [-0.2, -0.15) is 0 Å². The summed E-state index contributed by atoms with van der Waals surface area (Å²) in [5.41, 5.74) is 1.21. The predicted molar refractivity (Wildman–Crippen MR) is 63.5 cm³/mol. The number of hydrogen-bond acceptors (Lipinski definition) is 0. The molecular formula is C11H12BrCl. The van der Waals surface area contributed by atoms with Crippen LogP contribution in [0.25, 0.3) is 6.08 Å². The molecule has 0 bridgehead atoms. The molecule has 0 aliphatic carbocycles. The number of alkyl halides is 1. The first kappa shape index (κ1) is 10.8. The van der Waals surface area contributed by atoms with Gasteiger partial charge in [0.15, 0.2) is 0 Å². The summed E-state index contributed by atoms with van der Waals surface area (Å²) >= 11 is 9.16. The molecule has 0 aliphatic heterocycles. The van der Waals surface area contributed by atoms with Gasteiger partial charge in [0.05, 0.1) is 0 Å². The smallest absolute Gasteiger partial charge is 0.0406 e. The summed E-state index contributed by atoms with van der Waals surface area (Å²) in [5, 5.41) is 1.86. The highest BCUT2D eigenvalue weighted by molar-refractivity contribution is 9.09. The van der Waals surface area contributed by atoms with E-state index in [-0.39, 0.29) is 0 Å². The fraction of sp³-hybridized carbons (Fsp3) is 0.273. The van der Waals surface area contributed by atoms with Crippen LogP contribution in [0.3, 0.4) is 0 Å². The van der Waals surface area contributed by atoms with Crippen molar-refractivity contribution in [3.05, 3.63) is 40.9 Å². The zero-order chi connectivity index (χ0) is 9.52. The lowest BCUT2D eigenvalue weighted by atomic mass is 10.2. The number of hydrogen-bond donors (Lipinski definition) is 0. The van der Waals surface area contributed by atoms with Crippen LogP contribution in [0.4, 0.5) is 0 Å². The van der Waals surface area contributed by atoms with E-state index in [9.17, 15) is 0 Å². The fourth-order valence-corrected chi connectivity index (χ4v) is 1.44. The van der Waals surface area contributed by atoms with Gasteiger partial charge in [0, 0.05) is 10.4 Å². The fourth-order valence-electron chi connectivity index (χ4n) is 0.988. The van der Waals surface area contributed by atoms with E-state index in [1.165, 1.54) is 12.0 Å². The summed E-state index contributed by atoms with van der Waals surface area (Å²) in [6.07, 6.45) is 6.61. The van der Waals surface area contributed by atoms with E-state index in [0.29, 0.717) is 0 Å². The van der Waals surface area contributed by atoms with Crippen LogP contribution in [0.5, 0.6) is 0 Å². The van der Waals surface area contributed by atoms with Gasteiger partial charge in [0.25, 0.3) is 0 Å². The largest absolute Gasteiger partial charge is 0.0928 e. The Balaban J connectivity index is 2.44. The highest BCUT2D eigenvalue weighted by atomic mass is 79.9. The first-order valence-corrected chi connectivity index (χ1v) is 5.81. The molecule has 0 unspecified atom stereocenters. The molecule has 1 aromatic carbocycles. The summed E-state index contributed by atoms with van der Waals surface area (Å²) < 4.78 is 0. The molecule has 0 saturated heterocycles. The minimum absolute atomic E-state index is 0.789. The van der Waals surface area contributed by atoms with Gasteiger partial charge in [0.1, 0.15) is 0 Å². The third-order valence-corrected chi connectivity index (χ3v) is 2.50. The van der Waals surface area contributed by atoms with Gasteiger partial charge in [-0.25, -0.2) is 0 Å². The second kappa shape index (κ2) is 6.22. The Morgan fingerprint density at radius 1 is 1.23 bits per heavy atom. The second-order valence-electron chi connectivity index (χ2n) is 2.79. The Bertz CT molecular complexity index is 264. The van der Waals surface area contributed by atoms with Gasteiger partial charge in [-0.3, -0.25) is 0 Å². The molecule has 1 rings (SSSR count). The molecule has 0 nitrogen and oxygen atoms in total. The zero-order valence-corrected chi connectivity index (χ0v) is 9.68. The summed E-state index contributed by atoms with van der Waals surface area (Å²) in [4.78, 5) is 0. The van der Waals surface area contributed by atoms with Gasteiger partial charge in [-0.15, -0.1) is 0 Å². The SMILES string of the molecule is Clc1ccc(C=CCCCBr)cc1. The average Bonchev–Trinajstić information content (AvgIpc) is 2.15. The van der Waals surface area contributed by atoms with Crippen molar-refractivity contribution >= 4 is 33.6 Å². The topological polar surface area (TPSA) is 0 Å². The zero-order valence-electron chi connectivity index (χ0n) is 7.34. The van der Waals surface area contributed by atoms with Crippen LogP contribution in [0.15, 0.2) is 30.3 Å². The number of benzene rings is 1. The molecule has 0 heterocycles. The van der Waals surface area contributed by atoms with Crippen molar-refractivity contribution < 1.29 is 0 Å². The Kier molecular flexibility index (Phi) is 5.18. The highest BCUT2D eigenvalue weighted by Gasteiger charge is 1.86. The molecule has 1 aromatic rings. The van der Waals surface area contributed by atoms with Crippen LogP contribution >= 0.6 is 27.5 Å². The predicted octanol–water partition coefficient (Wildman–Crippen LogP) is 4.53. The van der Waals surface area contributed by atoms with Crippen LogP contribution in [0.2, 0.25) is 5.02 Å². The molecule has 2 heteroatoms. The second-order valence-corrected chi connectivity index (χ2v) is 4.01. The van der Waals surface area contributed by atoms with Crippen molar-refractivity contribution in [1.82, 2.24) is 0 Å². The Morgan fingerprint density at radius 3 is 2.54 bits per heavy atom. The van der Waals surface area contributed by atoms with Crippen LogP contribution in [0, 0.1) is 0 Å². The maximum atomic E-state index is 5.77. The van der Waals surface area contributed by atoms with Gasteiger partial charge in [-0.05, 0) is 30.5 Å². The lowest BCUT2D eigenvalue weighted by Crippen LogP contribution is -1.72. The standard InChI is InChI=1S/C11H12BrCl/c12-9-3-1-2-4-10-5-7-11(13)8-6-10/h2,4-8H,1,3,9H2. The molecule has 0 saturated carbocycles. The summed E-state index contributed by atoms with van der Waals surface area (Å²) in [6, 6.07) is 7.86. The maximum Gasteiger partial charge on any atom is 0.0406 e. The molecule has 0 amide bonds. The van der Waals surface area contributed by atoms with E-state index in [0.717, 1.165) is 16.8 Å². The molecule has 0 radical (unpaired) electrons. The third-order valence-electron chi connectivity index (χ3n) is 1.68.